The van der Waals surface area contributed by atoms with Crippen LogP contribution in [-0.2, 0) is 4.84 Å². The maximum absolute atomic E-state index is 12.3. The van der Waals surface area contributed by atoms with Crippen LogP contribution in [0.25, 0.3) is 16.9 Å². The summed E-state index contributed by atoms with van der Waals surface area (Å²) < 4.78 is 38.8. The number of benzene rings is 1. The Labute approximate surface area is 217 Å². The fourth-order valence-corrected chi connectivity index (χ4v) is 4.06. The van der Waals surface area contributed by atoms with Gasteiger partial charge in [-0.2, -0.15) is 13.2 Å². The van der Waals surface area contributed by atoms with Gasteiger partial charge in [0.2, 0.25) is 0 Å². The standard InChI is InChI=1S/C25H30F3N7O3/c26-25(27,28)17-30-24(37)32-21-4-1-3-20(14-21)22-16-29-23-13-19(5-7-35(22)23)15-31-38-12-2-6-33-8-10-34(18-36)11-9-33/h1,3-5,7,13-16,36H,2,6,8-12,17-18H2,(H2,30,32,37)/b31-15+. The number of urea groups is 1. The number of aromatic nitrogens is 2. The first-order valence-corrected chi connectivity index (χ1v) is 12.2. The lowest BCUT2D eigenvalue weighted by Gasteiger charge is -2.33. The van der Waals surface area contributed by atoms with Gasteiger partial charge < -0.3 is 25.5 Å². The molecule has 4 rings (SSSR count). The third kappa shape index (κ3) is 7.91. The van der Waals surface area contributed by atoms with Crippen molar-refractivity contribution in [3.63, 3.8) is 0 Å². The number of imidazole rings is 1. The Balaban J connectivity index is 1.29. The molecule has 1 saturated heterocycles. The molecule has 0 saturated carbocycles. The van der Waals surface area contributed by atoms with Crippen molar-refractivity contribution in [2.24, 2.45) is 5.16 Å². The minimum absolute atomic E-state index is 0.110. The average molecular weight is 534 g/mol. The number of amides is 2. The molecule has 3 N–H and O–H groups in total. The van der Waals surface area contributed by atoms with E-state index in [0.717, 1.165) is 56.0 Å². The molecule has 0 unspecified atom stereocenters. The molecule has 2 aromatic heterocycles. The Morgan fingerprint density at radius 1 is 1.16 bits per heavy atom. The van der Waals surface area contributed by atoms with Crippen molar-refractivity contribution in [3.8, 4) is 11.3 Å². The zero-order chi connectivity index (χ0) is 27.0. The topological polar surface area (TPSA) is 107 Å². The molecule has 2 amide bonds. The number of piperazine rings is 1. The van der Waals surface area contributed by atoms with Gasteiger partial charge in [0, 0.05) is 55.7 Å². The Bertz CT molecular complexity index is 1240. The zero-order valence-corrected chi connectivity index (χ0v) is 20.7. The van der Waals surface area contributed by atoms with Gasteiger partial charge in [-0.05, 0) is 30.7 Å². The maximum atomic E-state index is 12.3. The smallest absolute Gasteiger partial charge is 0.396 e. The molecule has 0 radical (unpaired) electrons. The number of rotatable bonds is 10. The van der Waals surface area contributed by atoms with E-state index in [1.54, 1.807) is 35.9 Å². The van der Waals surface area contributed by atoms with Gasteiger partial charge in [0.05, 0.1) is 24.8 Å². The number of hydrogen-bond acceptors (Lipinski definition) is 7. The first kappa shape index (κ1) is 27.4. The summed E-state index contributed by atoms with van der Waals surface area (Å²) in [5.74, 6) is 0. The number of aliphatic hydroxyl groups is 1. The average Bonchev–Trinajstić information content (AvgIpc) is 3.33. The summed E-state index contributed by atoms with van der Waals surface area (Å²) in [7, 11) is 0. The van der Waals surface area contributed by atoms with Crippen molar-refractivity contribution in [1.29, 1.82) is 0 Å². The van der Waals surface area contributed by atoms with E-state index in [-0.39, 0.29) is 6.73 Å². The highest BCUT2D eigenvalue weighted by atomic mass is 19.4. The molecule has 3 aromatic rings. The monoisotopic (exact) mass is 533 g/mol. The Hall–Kier alpha value is -3.68. The number of anilines is 1. The van der Waals surface area contributed by atoms with Gasteiger partial charge in [-0.25, -0.2) is 9.78 Å². The first-order valence-electron chi connectivity index (χ1n) is 12.2. The molecule has 0 spiro atoms. The molecule has 38 heavy (non-hydrogen) atoms. The van der Waals surface area contributed by atoms with E-state index in [9.17, 15) is 18.0 Å². The number of nitrogens with zero attached hydrogens (tertiary/aromatic N) is 5. The van der Waals surface area contributed by atoms with Crippen LogP contribution < -0.4 is 10.6 Å². The SMILES string of the molecule is O=C(NCC(F)(F)F)Nc1cccc(-c2cnc3cc(/C=N/OCCCN4CCN(CO)CC4)ccn23)c1. The van der Waals surface area contributed by atoms with Crippen molar-refractivity contribution >= 4 is 23.6 Å². The molecule has 0 bridgehead atoms. The number of carbonyl (C=O) groups is 1. The lowest BCUT2D eigenvalue weighted by molar-refractivity contribution is -0.122. The number of aliphatic hydroxyl groups excluding tert-OH is 1. The molecule has 204 valence electrons. The summed E-state index contributed by atoms with van der Waals surface area (Å²) in [5, 5.41) is 17.4. The number of fused-ring (bicyclic) bond motifs is 1. The third-order valence-electron chi connectivity index (χ3n) is 6.05. The van der Waals surface area contributed by atoms with Crippen LogP contribution in [0.2, 0.25) is 0 Å². The van der Waals surface area contributed by atoms with E-state index in [1.165, 1.54) is 0 Å². The lowest BCUT2D eigenvalue weighted by atomic mass is 10.1. The van der Waals surface area contributed by atoms with Gasteiger partial charge in [-0.3, -0.25) is 9.30 Å². The van der Waals surface area contributed by atoms with E-state index >= 15 is 0 Å². The summed E-state index contributed by atoms with van der Waals surface area (Å²) >= 11 is 0. The van der Waals surface area contributed by atoms with Gasteiger partial charge in [0.25, 0.3) is 0 Å². The van der Waals surface area contributed by atoms with Crippen LogP contribution in [0.5, 0.6) is 0 Å². The van der Waals surface area contributed by atoms with Crippen molar-refractivity contribution in [3.05, 3.63) is 54.4 Å². The van der Waals surface area contributed by atoms with Crippen molar-refractivity contribution < 1.29 is 27.9 Å². The lowest BCUT2D eigenvalue weighted by Crippen LogP contribution is -2.46. The van der Waals surface area contributed by atoms with Crippen LogP contribution in [0.1, 0.15) is 12.0 Å². The van der Waals surface area contributed by atoms with Crippen LogP contribution in [-0.4, -0.2) is 95.3 Å². The number of oxime groups is 1. The molecule has 1 aliphatic heterocycles. The summed E-state index contributed by atoms with van der Waals surface area (Å²) in [5.41, 5.74) is 3.32. The van der Waals surface area contributed by atoms with Crippen LogP contribution in [0.4, 0.5) is 23.7 Å². The van der Waals surface area contributed by atoms with Gasteiger partial charge >= 0.3 is 12.2 Å². The van der Waals surface area contributed by atoms with Gasteiger partial charge in [-0.15, -0.1) is 0 Å². The summed E-state index contributed by atoms with van der Waals surface area (Å²) in [6.07, 6.45) is 1.51. The van der Waals surface area contributed by atoms with Crippen molar-refractivity contribution in [2.45, 2.75) is 12.6 Å². The summed E-state index contributed by atoms with van der Waals surface area (Å²) in [6.45, 7) is 3.75. The predicted octanol–water partition coefficient (Wildman–Crippen LogP) is 2.99. The number of alkyl halides is 3. The summed E-state index contributed by atoms with van der Waals surface area (Å²) in [4.78, 5) is 26.0. The maximum Gasteiger partial charge on any atom is 0.405 e. The van der Waals surface area contributed by atoms with Crippen LogP contribution in [0.3, 0.4) is 0 Å². The van der Waals surface area contributed by atoms with E-state index < -0.39 is 18.8 Å². The van der Waals surface area contributed by atoms with E-state index in [0.29, 0.717) is 17.9 Å². The van der Waals surface area contributed by atoms with Gasteiger partial charge in [-0.1, -0.05) is 17.3 Å². The fourth-order valence-electron chi connectivity index (χ4n) is 4.06. The molecule has 1 aliphatic rings. The van der Waals surface area contributed by atoms with Crippen LogP contribution in [0.15, 0.2) is 53.9 Å². The number of hydrogen-bond donors (Lipinski definition) is 3. The van der Waals surface area contributed by atoms with Crippen molar-refractivity contribution in [1.82, 2.24) is 24.5 Å². The molecule has 0 atom stereocenters. The van der Waals surface area contributed by atoms with Crippen LogP contribution >= 0.6 is 0 Å². The van der Waals surface area contributed by atoms with Gasteiger partial charge in [0.15, 0.2) is 0 Å². The normalized spacial score (nSPS) is 15.3. The van der Waals surface area contributed by atoms with E-state index in [1.807, 2.05) is 33.7 Å². The van der Waals surface area contributed by atoms with Gasteiger partial charge in [0.1, 0.15) is 18.8 Å². The number of pyridine rings is 1. The Morgan fingerprint density at radius 3 is 2.71 bits per heavy atom. The fraction of sp³-hybridized carbons (Fsp3) is 0.400. The number of nitrogens with one attached hydrogen (secondary N) is 2. The largest absolute Gasteiger partial charge is 0.405 e. The molecule has 13 heteroatoms. The number of halogens is 3. The number of carbonyl (C=O) groups excluding carboxylic acids is 1. The highest BCUT2D eigenvalue weighted by molar-refractivity contribution is 5.90. The third-order valence-corrected chi connectivity index (χ3v) is 6.05. The molecular weight excluding hydrogens is 503 g/mol. The summed E-state index contributed by atoms with van der Waals surface area (Å²) in [6, 6.07) is 9.53. The molecule has 0 aliphatic carbocycles. The van der Waals surface area contributed by atoms with E-state index in [2.05, 4.69) is 20.4 Å². The van der Waals surface area contributed by atoms with Crippen molar-refractivity contribution in [2.75, 3.05) is 57.9 Å². The molecule has 1 fully saturated rings. The first-order chi connectivity index (χ1) is 18.3. The minimum atomic E-state index is -4.48. The second-order valence-corrected chi connectivity index (χ2v) is 8.86. The second-order valence-electron chi connectivity index (χ2n) is 8.86. The zero-order valence-electron chi connectivity index (χ0n) is 20.7. The minimum Gasteiger partial charge on any atom is -0.396 e. The molecule has 1 aromatic carbocycles. The van der Waals surface area contributed by atoms with E-state index in [4.69, 9.17) is 9.94 Å². The predicted molar refractivity (Wildman–Crippen MR) is 137 cm³/mol. The molecule has 10 nitrogen and oxygen atoms in total. The highest BCUT2D eigenvalue weighted by Crippen LogP contribution is 2.24. The quantitative estimate of drug-likeness (QED) is 0.210. The van der Waals surface area contributed by atoms with Crippen LogP contribution in [0, 0.1) is 0 Å². The molecule has 3 heterocycles. The Kier molecular flexibility index (Phi) is 9.15. The Morgan fingerprint density at radius 2 is 1.95 bits per heavy atom. The highest BCUT2D eigenvalue weighted by Gasteiger charge is 2.27. The molecular formula is C25H30F3N7O3. The second kappa shape index (κ2) is 12.7.